The van der Waals surface area contributed by atoms with Crippen molar-refractivity contribution in [2.75, 3.05) is 0 Å². The molecular formula is C40H25N5. The van der Waals surface area contributed by atoms with Crippen LogP contribution in [0.15, 0.2) is 152 Å². The largest absolute Gasteiger partial charge is 0.309 e. The van der Waals surface area contributed by atoms with E-state index in [0.717, 1.165) is 27.6 Å². The molecule has 5 nitrogen and oxygen atoms in total. The summed E-state index contributed by atoms with van der Waals surface area (Å²) < 4.78 is 2.39. The van der Waals surface area contributed by atoms with Crippen molar-refractivity contribution in [1.29, 1.82) is 0 Å². The quantitative estimate of drug-likeness (QED) is 0.210. The van der Waals surface area contributed by atoms with E-state index in [-0.39, 0.29) is 0 Å². The van der Waals surface area contributed by atoms with Crippen LogP contribution in [-0.4, -0.2) is 24.5 Å². The van der Waals surface area contributed by atoms with E-state index >= 15 is 0 Å². The smallest absolute Gasteiger partial charge is 0.182 e. The highest BCUT2D eigenvalue weighted by molar-refractivity contribution is 6.15. The Balaban J connectivity index is 1.31. The summed E-state index contributed by atoms with van der Waals surface area (Å²) in [6.07, 6.45) is 1.76. The van der Waals surface area contributed by atoms with Crippen molar-refractivity contribution in [2.45, 2.75) is 0 Å². The highest BCUT2D eigenvalue weighted by Gasteiger charge is 2.19. The molecule has 9 rings (SSSR count). The summed E-state index contributed by atoms with van der Waals surface area (Å²) in [6.45, 7) is 0. The first-order chi connectivity index (χ1) is 22.3. The van der Waals surface area contributed by atoms with E-state index in [2.05, 4.69) is 107 Å². The molecule has 0 fully saturated rings. The zero-order valence-corrected chi connectivity index (χ0v) is 24.2. The van der Waals surface area contributed by atoms with Crippen LogP contribution in [0.4, 0.5) is 0 Å². The Morgan fingerprint density at radius 2 is 1.09 bits per heavy atom. The summed E-state index contributed by atoms with van der Waals surface area (Å²) in [5.41, 5.74) is 6.03. The van der Waals surface area contributed by atoms with Crippen LogP contribution in [-0.2, 0) is 0 Å². The number of para-hydroxylation sites is 1. The molecule has 0 N–H and O–H groups in total. The zero-order chi connectivity index (χ0) is 29.7. The molecule has 0 bridgehead atoms. The minimum atomic E-state index is 0.543. The third kappa shape index (κ3) is 4.17. The van der Waals surface area contributed by atoms with Gasteiger partial charge in [0.2, 0.25) is 0 Å². The molecule has 9 aromatic rings. The van der Waals surface area contributed by atoms with Crippen molar-refractivity contribution < 1.29 is 0 Å². The van der Waals surface area contributed by atoms with Crippen molar-refractivity contribution >= 4 is 43.4 Å². The fraction of sp³-hybridized carbons (Fsp3) is 0. The molecule has 6 aromatic carbocycles. The lowest BCUT2D eigenvalue weighted by atomic mass is 10.0. The molecule has 45 heavy (non-hydrogen) atoms. The van der Waals surface area contributed by atoms with Crippen molar-refractivity contribution in [3.63, 3.8) is 0 Å². The molecule has 0 aliphatic rings. The fourth-order valence-corrected chi connectivity index (χ4v) is 6.41. The minimum absolute atomic E-state index is 0.543. The third-order valence-electron chi connectivity index (χ3n) is 8.48. The molecule has 3 heterocycles. The number of pyridine rings is 1. The molecule has 210 valence electrons. The van der Waals surface area contributed by atoms with Gasteiger partial charge in [0.15, 0.2) is 17.5 Å². The molecular weight excluding hydrogens is 550 g/mol. The molecule has 5 heteroatoms. The maximum Gasteiger partial charge on any atom is 0.182 e. The summed E-state index contributed by atoms with van der Waals surface area (Å²) >= 11 is 0. The van der Waals surface area contributed by atoms with Crippen LogP contribution in [0.25, 0.3) is 83.3 Å². The van der Waals surface area contributed by atoms with Crippen molar-refractivity contribution in [2.24, 2.45) is 0 Å². The monoisotopic (exact) mass is 575 g/mol. The fourth-order valence-electron chi connectivity index (χ4n) is 6.41. The summed E-state index contributed by atoms with van der Waals surface area (Å²) in [4.78, 5) is 19.4. The second-order valence-electron chi connectivity index (χ2n) is 11.1. The Hall–Kier alpha value is -6.20. The van der Waals surface area contributed by atoms with Gasteiger partial charge >= 0.3 is 0 Å². The van der Waals surface area contributed by atoms with Gasteiger partial charge in [-0.1, -0.05) is 103 Å². The van der Waals surface area contributed by atoms with E-state index in [9.17, 15) is 0 Å². The van der Waals surface area contributed by atoms with Crippen LogP contribution >= 0.6 is 0 Å². The molecule has 0 radical (unpaired) electrons. The number of aromatic nitrogens is 5. The second-order valence-corrected chi connectivity index (χ2v) is 11.1. The van der Waals surface area contributed by atoms with E-state index in [4.69, 9.17) is 15.0 Å². The predicted octanol–water partition coefficient (Wildman–Crippen LogP) is 9.67. The number of nitrogens with zero attached hydrogens (tertiary/aromatic N) is 5. The topological polar surface area (TPSA) is 56.5 Å². The second kappa shape index (κ2) is 10.2. The van der Waals surface area contributed by atoms with Crippen LogP contribution in [0.1, 0.15) is 0 Å². The standard InChI is InChI=1S/C40H25N5/c1-2-12-26(13-3-1)38-42-39(44-40(43-38)34-19-10-11-23-41-34)32-21-22-36(30-17-7-6-16-29(30)32)45-35-20-9-8-18-31(35)33-24-27-14-4-5-15-28(27)25-37(33)45/h1-25H. The minimum Gasteiger partial charge on any atom is -0.309 e. The molecule has 0 spiro atoms. The lowest BCUT2D eigenvalue weighted by Crippen LogP contribution is -2.02. The first kappa shape index (κ1) is 25.3. The molecule has 0 saturated heterocycles. The van der Waals surface area contributed by atoms with Crippen molar-refractivity contribution in [3.05, 3.63) is 152 Å². The van der Waals surface area contributed by atoms with Gasteiger partial charge in [-0.25, -0.2) is 15.0 Å². The van der Waals surface area contributed by atoms with Gasteiger partial charge in [0.25, 0.3) is 0 Å². The molecule has 0 atom stereocenters. The maximum atomic E-state index is 5.02. The predicted molar refractivity (Wildman–Crippen MR) is 183 cm³/mol. The van der Waals surface area contributed by atoms with Gasteiger partial charge in [-0.15, -0.1) is 0 Å². The first-order valence-electron chi connectivity index (χ1n) is 15.0. The third-order valence-corrected chi connectivity index (χ3v) is 8.48. The van der Waals surface area contributed by atoms with Crippen LogP contribution in [0.3, 0.4) is 0 Å². The summed E-state index contributed by atoms with van der Waals surface area (Å²) in [5, 5.41) is 7.11. The Morgan fingerprint density at radius 3 is 1.91 bits per heavy atom. The number of hydrogen-bond donors (Lipinski definition) is 0. The van der Waals surface area contributed by atoms with Crippen molar-refractivity contribution in [3.8, 4) is 40.0 Å². The molecule has 0 unspecified atom stereocenters. The van der Waals surface area contributed by atoms with E-state index in [0.29, 0.717) is 23.2 Å². The Labute approximate surface area is 259 Å². The van der Waals surface area contributed by atoms with E-state index in [1.807, 2.05) is 48.5 Å². The Kier molecular flexibility index (Phi) is 5.74. The summed E-state index contributed by atoms with van der Waals surface area (Å²) in [5.74, 6) is 1.77. The molecule has 0 amide bonds. The van der Waals surface area contributed by atoms with Gasteiger partial charge in [-0.05, 0) is 58.6 Å². The average Bonchev–Trinajstić information content (AvgIpc) is 3.43. The van der Waals surface area contributed by atoms with Crippen LogP contribution in [0, 0.1) is 0 Å². The van der Waals surface area contributed by atoms with Gasteiger partial charge in [0.1, 0.15) is 5.69 Å². The molecule has 0 aliphatic carbocycles. The Morgan fingerprint density at radius 1 is 0.422 bits per heavy atom. The SMILES string of the molecule is c1ccc(-c2nc(-c3ccccn3)nc(-c3ccc(-n4c5ccccc5c5cc6ccccc6cc54)c4ccccc34)n2)cc1. The number of hydrogen-bond acceptors (Lipinski definition) is 4. The van der Waals surface area contributed by atoms with E-state index < -0.39 is 0 Å². The lowest BCUT2D eigenvalue weighted by Gasteiger charge is -2.15. The van der Waals surface area contributed by atoms with Gasteiger partial charge in [0.05, 0.1) is 16.7 Å². The van der Waals surface area contributed by atoms with Gasteiger partial charge in [-0.3, -0.25) is 4.98 Å². The van der Waals surface area contributed by atoms with Gasteiger partial charge in [-0.2, -0.15) is 0 Å². The van der Waals surface area contributed by atoms with Gasteiger partial charge in [0, 0.05) is 33.5 Å². The first-order valence-corrected chi connectivity index (χ1v) is 15.0. The number of rotatable bonds is 4. The van der Waals surface area contributed by atoms with Gasteiger partial charge < -0.3 is 4.57 Å². The normalized spacial score (nSPS) is 11.6. The number of benzene rings is 6. The molecule has 0 aliphatic heterocycles. The van der Waals surface area contributed by atoms with E-state index in [1.165, 1.54) is 32.6 Å². The average molecular weight is 576 g/mol. The molecule has 0 saturated carbocycles. The number of fused-ring (bicyclic) bond motifs is 5. The lowest BCUT2D eigenvalue weighted by molar-refractivity contribution is 1.06. The Bertz CT molecular complexity index is 2480. The van der Waals surface area contributed by atoms with Crippen LogP contribution < -0.4 is 0 Å². The highest BCUT2D eigenvalue weighted by Crippen LogP contribution is 2.39. The summed E-state index contributed by atoms with van der Waals surface area (Å²) in [6, 6.07) is 50.5. The van der Waals surface area contributed by atoms with Crippen LogP contribution in [0.5, 0.6) is 0 Å². The van der Waals surface area contributed by atoms with E-state index in [1.54, 1.807) is 6.20 Å². The maximum absolute atomic E-state index is 5.02. The zero-order valence-electron chi connectivity index (χ0n) is 24.2. The highest BCUT2D eigenvalue weighted by atomic mass is 15.0. The van der Waals surface area contributed by atoms with Crippen molar-refractivity contribution in [1.82, 2.24) is 24.5 Å². The molecule has 3 aromatic heterocycles. The van der Waals surface area contributed by atoms with Crippen LogP contribution in [0.2, 0.25) is 0 Å². The summed E-state index contributed by atoms with van der Waals surface area (Å²) in [7, 11) is 0.